The van der Waals surface area contributed by atoms with E-state index in [4.69, 9.17) is 17.3 Å². The van der Waals surface area contributed by atoms with Gasteiger partial charge in [-0.25, -0.2) is 0 Å². The van der Waals surface area contributed by atoms with Crippen molar-refractivity contribution in [2.24, 2.45) is 5.92 Å². The number of thiophene rings is 1. The molecule has 0 saturated heterocycles. The van der Waals surface area contributed by atoms with E-state index in [1.165, 1.54) is 24.2 Å². The van der Waals surface area contributed by atoms with Gasteiger partial charge in [-0.1, -0.05) is 11.6 Å². The third-order valence-electron chi connectivity index (χ3n) is 3.92. The summed E-state index contributed by atoms with van der Waals surface area (Å²) in [5, 5.41) is 1.52. The second-order valence-corrected chi connectivity index (χ2v) is 7.47. The fraction of sp³-hybridized carbons (Fsp3) is 0.438. The highest BCUT2D eigenvalue weighted by Gasteiger charge is 2.30. The number of hydrogen-bond acceptors (Lipinski definition) is 3. The van der Waals surface area contributed by atoms with Crippen LogP contribution in [0.1, 0.15) is 36.4 Å². The maximum absolute atomic E-state index is 12.8. The van der Waals surface area contributed by atoms with Gasteiger partial charge in [0.25, 0.3) is 5.91 Å². The van der Waals surface area contributed by atoms with Crippen LogP contribution in [0, 0.1) is 5.92 Å². The second kappa shape index (κ2) is 5.50. The molecule has 0 radical (unpaired) electrons. The molecule has 5 heteroatoms. The van der Waals surface area contributed by atoms with Crippen LogP contribution in [0.25, 0.3) is 10.1 Å². The monoisotopic (exact) mass is 322 g/mol. The van der Waals surface area contributed by atoms with Crippen molar-refractivity contribution in [2.75, 3.05) is 12.3 Å². The van der Waals surface area contributed by atoms with E-state index in [0.29, 0.717) is 21.5 Å². The molecule has 0 spiro atoms. The molecule has 0 bridgehead atoms. The van der Waals surface area contributed by atoms with Crippen molar-refractivity contribution in [3.05, 3.63) is 28.1 Å². The van der Waals surface area contributed by atoms with Gasteiger partial charge < -0.3 is 10.6 Å². The fourth-order valence-corrected chi connectivity index (χ4v) is 3.72. The van der Waals surface area contributed by atoms with Crippen LogP contribution in [-0.4, -0.2) is 23.4 Å². The van der Waals surface area contributed by atoms with E-state index in [9.17, 15) is 4.79 Å². The molecule has 21 heavy (non-hydrogen) atoms. The Labute approximate surface area is 133 Å². The SMILES string of the molecule is CC(C)N(CC1CC1)C(=O)c1sc2ccc(Cl)cc2c1N. The zero-order valence-electron chi connectivity index (χ0n) is 12.2. The quantitative estimate of drug-likeness (QED) is 0.907. The molecule has 1 aliphatic carbocycles. The van der Waals surface area contributed by atoms with Crippen LogP contribution >= 0.6 is 22.9 Å². The van der Waals surface area contributed by atoms with Crippen LogP contribution in [-0.2, 0) is 0 Å². The molecule has 3 nitrogen and oxygen atoms in total. The molecular weight excluding hydrogens is 304 g/mol. The van der Waals surface area contributed by atoms with Crippen LogP contribution in [0.5, 0.6) is 0 Å². The Morgan fingerprint density at radius 3 is 2.81 bits per heavy atom. The third kappa shape index (κ3) is 2.87. The minimum absolute atomic E-state index is 0.0479. The predicted molar refractivity (Wildman–Crippen MR) is 90.1 cm³/mol. The first kappa shape index (κ1) is 14.7. The highest BCUT2D eigenvalue weighted by molar-refractivity contribution is 7.21. The number of benzene rings is 1. The standard InChI is InChI=1S/C16H19ClN2OS/c1-9(2)19(8-10-3-4-10)16(20)15-14(18)12-7-11(17)5-6-13(12)21-15/h5-7,9-10H,3-4,8,18H2,1-2H3. The van der Waals surface area contributed by atoms with E-state index in [1.54, 1.807) is 0 Å². The van der Waals surface area contributed by atoms with Crippen LogP contribution in [0.4, 0.5) is 5.69 Å². The molecule has 1 fully saturated rings. The van der Waals surface area contributed by atoms with E-state index < -0.39 is 0 Å². The Morgan fingerprint density at radius 1 is 1.48 bits per heavy atom. The number of rotatable bonds is 4. The number of carbonyl (C=O) groups excluding carboxylic acids is 1. The summed E-state index contributed by atoms with van der Waals surface area (Å²) in [7, 11) is 0. The van der Waals surface area contributed by atoms with E-state index >= 15 is 0 Å². The lowest BCUT2D eigenvalue weighted by molar-refractivity contribution is 0.0702. The van der Waals surface area contributed by atoms with E-state index in [-0.39, 0.29) is 11.9 Å². The molecule has 1 heterocycles. The molecule has 1 amide bonds. The van der Waals surface area contributed by atoms with Crippen molar-refractivity contribution < 1.29 is 4.79 Å². The van der Waals surface area contributed by atoms with E-state index in [1.807, 2.05) is 23.1 Å². The summed E-state index contributed by atoms with van der Waals surface area (Å²) in [5.41, 5.74) is 6.76. The van der Waals surface area contributed by atoms with Crippen molar-refractivity contribution in [3.63, 3.8) is 0 Å². The Balaban J connectivity index is 1.97. The van der Waals surface area contributed by atoms with Gasteiger partial charge in [-0.05, 0) is 50.8 Å². The Bertz CT molecular complexity index is 691. The third-order valence-corrected chi connectivity index (χ3v) is 5.33. The van der Waals surface area contributed by atoms with Crippen molar-refractivity contribution in [1.29, 1.82) is 0 Å². The highest BCUT2D eigenvalue weighted by Crippen LogP contribution is 2.37. The van der Waals surface area contributed by atoms with Crippen LogP contribution in [0.3, 0.4) is 0 Å². The summed E-state index contributed by atoms with van der Waals surface area (Å²) in [6.07, 6.45) is 2.46. The van der Waals surface area contributed by atoms with Crippen LogP contribution in [0.2, 0.25) is 5.02 Å². The van der Waals surface area contributed by atoms with E-state index in [2.05, 4.69) is 13.8 Å². The number of amides is 1. The summed E-state index contributed by atoms with van der Waals surface area (Å²) in [6, 6.07) is 5.78. The first-order valence-corrected chi connectivity index (χ1v) is 8.45. The van der Waals surface area contributed by atoms with Crippen LogP contribution < -0.4 is 5.73 Å². The number of halogens is 1. The first-order valence-electron chi connectivity index (χ1n) is 7.26. The van der Waals surface area contributed by atoms with Crippen molar-refractivity contribution >= 4 is 44.6 Å². The number of nitrogens with zero attached hydrogens (tertiary/aromatic N) is 1. The molecule has 0 unspecified atom stereocenters. The smallest absolute Gasteiger partial charge is 0.266 e. The van der Waals surface area contributed by atoms with Gasteiger partial charge in [-0.2, -0.15) is 0 Å². The zero-order valence-corrected chi connectivity index (χ0v) is 13.8. The molecule has 0 atom stereocenters. The van der Waals surface area contributed by atoms with E-state index in [0.717, 1.165) is 16.6 Å². The summed E-state index contributed by atoms with van der Waals surface area (Å²) in [5.74, 6) is 0.716. The Kier molecular flexibility index (Phi) is 3.84. The number of nitrogens with two attached hydrogens (primary N) is 1. The molecule has 1 aromatic carbocycles. The summed E-state index contributed by atoms with van der Waals surface area (Å²) in [6.45, 7) is 4.95. The summed E-state index contributed by atoms with van der Waals surface area (Å²) in [4.78, 5) is 15.4. The fourth-order valence-electron chi connectivity index (χ4n) is 2.49. The van der Waals surface area contributed by atoms with Crippen molar-refractivity contribution in [3.8, 4) is 0 Å². The minimum atomic E-state index is 0.0479. The Hall–Kier alpha value is -1.26. The molecule has 2 N–H and O–H groups in total. The molecule has 0 aliphatic heterocycles. The van der Waals surface area contributed by atoms with Gasteiger partial charge in [0.05, 0.1) is 5.69 Å². The lowest BCUT2D eigenvalue weighted by atomic mass is 10.2. The van der Waals surface area contributed by atoms with Gasteiger partial charge in [-0.15, -0.1) is 11.3 Å². The number of nitrogen functional groups attached to an aromatic ring is 1. The van der Waals surface area contributed by atoms with Gasteiger partial charge in [-0.3, -0.25) is 4.79 Å². The van der Waals surface area contributed by atoms with Gasteiger partial charge in [0.1, 0.15) is 4.88 Å². The largest absolute Gasteiger partial charge is 0.397 e. The molecular formula is C16H19ClN2OS. The van der Waals surface area contributed by atoms with Crippen LogP contribution in [0.15, 0.2) is 18.2 Å². The van der Waals surface area contributed by atoms with Gasteiger partial charge in [0, 0.05) is 27.7 Å². The number of carbonyl (C=O) groups is 1. The molecule has 2 aromatic rings. The average molecular weight is 323 g/mol. The highest BCUT2D eigenvalue weighted by atomic mass is 35.5. The Morgan fingerprint density at radius 2 is 2.19 bits per heavy atom. The molecule has 1 aromatic heterocycles. The van der Waals surface area contributed by atoms with Gasteiger partial charge in [0.2, 0.25) is 0 Å². The maximum Gasteiger partial charge on any atom is 0.266 e. The number of fused-ring (bicyclic) bond motifs is 1. The number of hydrogen-bond donors (Lipinski definition) is 1. The average Bonchev–Trinajstić information content (AvgIpc) is 3.20. The second-order valence-electron chi connectivity index (χ2n) is 5.98. The summed E-state index contributed by atoms with van der Waals surface area (Å²) >= 11 is 7.48. The lowest BCUT2D eigenvalue weighted by Crippen LogP contribution is -2.38. The van der Waals surface area contributed by atoms with Crippen molar-refractivity contribution in [1.82, 2.24) is 4.90 Å². The zero-order chi connectivity index (χ0) is 15.1. The van der Waals surface area contributed by atoms with Gasteiger partial charge in [0.15, 0.2) is 0 Å². The lowest BCUT2D eigenvalue weighted by Gasteiger charge is -2.26. The topological polar surface area (TPSA) is 46.3 Å². The molecule has 112 valence electrons. The summed E-state index contributed by atoms with van der Waals surface area (Å²) < 4.78 is 1.01. The van der Waals surface area contributed by atoms with Crippen molar-refractivity contribution in [2.45, 2.75) is 32.7 Å². The molecule has 1 saturated carbocycles. The first-order chi connectivity index (χ1) is 9.97. The molecule has 1 aliphatic rings. The maximum atomic E-state index is 12.8. The number of anilines is 1. The predicted octanol–water partition coefficient (Wildman–Crippen LogP) is 4.40. The molecule has 3 rings (SSSR count). The van der Waals surface area contributed by atoms with Gasteiger partial charge >= 0.3 is 0 Å². The minimum Gasteiger partial charge on any atom is -0.397 e. The normalized spacial score (nSPS) is 14.9.